The zero-order valence-electron chi connectivity index (χ0n) is 14.5. The van der Waals surface area contributed by atoms with Crippen molar-refractivity contribution in [3.05, 3.63) is 29.6 Å². The number of pyridine rings is 1. The maximum atomic E-state index is 12.5. The summed E-state index contributed by atoms with van der Waals surface area (Å²) >= 11 is 0. The van der Waals surface area contributed by atoms with Crippen LogP contribution in [0.25, 0.3) is 0 Å². The summed E-state index contributed by atoms with van der Waals surface area (Å²) in [5, 5.41) is 0. The number of aryl methyl sites for hydroxylation is 1. The van der Waals surface area contributed by atoms with Crippen LogP contribution in [0.3, 0.4) is 0 Å². The van der Waals surface area contributed by atoms with Crippen LogP contribution in [0.5, 0.6) is 0 Å². The summed E-state index contributed by atoms with van der Waals surface area (Å²) in [5.41, 5.74) is 2.02. The van der Waals surface area contributed by atoms with Gasteiger partial charge >= 0.3 is 0 Å². The second kappa shape index (κ2) is 6.81. The SMILES string of the molecule is Cc1cccc(CN2C(=O)CC[C@@H]3[C@H]2CCN3C[C@@H]2CCOC2)n1. The molecule has 4 heterocycles. The minimum Gasteiger partial charge on any atom is -0.381 e. The predicted octanol–water partition coefficient (Wildman–Crippen LogP) is 1.99. The lowest BCUT2D eigenvalue weighted by atomic mass is 9.95. The molecule has 130 valence electrons. The van der Waals surface area contributed by atoms with Crippen LogP contribution in [0.2, 0.25) is 0 Å². The van der Waals surface area contributed by atoms with Crippen LogP contribution >= 0.6 is 0 Å². The fourth-order valence-electron chi connectivity index (χ4n) is 4.59. The van der Waals surface area contributed by atoms with E-state index < -0.39 is 0 Å². The molecule has 5 heteroatoms. The monoisotopic (exact) mass is 329 g/mol. The van der Waals surface area contributed by atoms with Crippen LogP contribution in [-0.4, -0.2) is 59.1 Å². The standard InChI is InChI=1S/C19H27N3O2/c1-14-3-2-4-16(20-14)12-22-18-7-9-21(11-15-8-10-24-13-15)17(18)5-6-19(22)23/h2-4,15,17-18H,5-13H2,1H3/t15-,17+,18+/m0/s1. The quantitative estimate of drug-likeness (QED) is 0.847. The Kier molecular flexibility index (Phi) is 4.55. The molecular weight excluding hydrogens is 302 g/mol. The van der Waals surface area contributed by atoms with Crippen LogP contribution in [-0.2, 0) is 16.1 Å². The van der Waals surface area contributed by atoms with E-state index in [1.807, 2.05) is 25.1 Å². The molecule has 0 unspecified atom stereocenters. The molecule has 0 spiro atoms. The second-order valence-corrected chi connectivity index (χ2v) is 7.48. The van der Waals surface area contributed by atoms with E-state index in [9.17, 15) is 4.79 Å². The molecule has 3 aliphatic rings. The number of hydrogen-bond donors (Lipinski definition) is 0. The highest BCUT2D eigenvalue weighted by molar-refractivity contribution is 5.77. The van der Waals surface area contributed by atoms with Crippen LogP contribution in [0.4, 0.5) is 0 Å². The Labute approximate surface area is 144 Å². The number of carbonyl (C=O) groups is 1. The summed E-state index contributed by atoms with van der Waals surface area (Å²) in [5.74, 6) is 0.971. The van der Waals surface area contributed by atoms with Crippen molar-refractivity contribution in [2.75, 3.05) is 26.3 Å². The zero-order chi connectivity index (χ0) is 16.5. The molecule has 0 aliphatic carbocycles. The first-order chi connectivity index (χ1) is 11.7. The Balaban J connectivity index is 1.45. The number of ether oxygens (including phenoxy) is 1. The predicted molar refractivity (Wildman–Crippen MR) is 91.5 cm³/mol. The molecule has 1 aromatic heterocycles. The van der Waals surface area contributed by atoms with Gasteiger partial charge < -0.3 is 9.64 Å². The van der Waals surface area contributed by atoms with Gasteiger partial charge in [0.2, 0.25) is 5.91 Å². The lowest BCUT2D eigenvalue weighted by Crippen LogP contribution is -2.52. The Morgan fingerprint density at radius 3 is 2.96 bits per heavy atom. The van der Waals surface area contributed by atoms with Gasteiger partial charge in [0.25, 0.3) is 0 Å². The maximum absolute atomic E-state index is 12.5. The van der Waals surface area contributed by atoms with E-state index in [1.165, 1.54) is 6.42 Å². The fraction of sp³-hybridized carbons (Fsp3) is 0.684. The Hall–Kier alpha value is -1.46. The molecule has 0 N–H and O–H groups in total. The molecule has 0 aromatic carbocycles. The molecule has 3 fully saturated rings. The number of amides is 1. The smallest absolute Gasteiger partial charge is 0.223 e. The van der Waals surface area contributed by atoms with Crippen molar-refractivity contribution in [3.8, 4) is 0 Å². The largest absolute Gasteiger partial charge is 0.381 e. The van der Waals surface area contributed by atoms with Crippen molar-refractivity contribution in [1.82, 2.24) is 14.8 Å². The summed E-state index contributed by atoms with van der Waals surface area (Å²) in [7, 11) is 0. The third-order valence-corrected chi connectivity index (χ3v) is 5.79. The highest BCUT2D eigenvalue weighted by Crippen LogP contribution is 2.33. The van der Waals surface area contributed by atoms with Crippen molar-refractivity contribution >= 4 is 5.91 Å². The van der Waals surface area contributed by atoms with Crippen molar-refractivity contribution in [1.29, 1.82) is 0 Å². The van der Waals surface area contributed by atoms with Crippen molar-refractivity contribution in [2.45, 2.75) is 51.2 Å². The van der Waals surface area contributed by atoms with Gasteiger partial charge in [0.15, 0.2) is 0 Å². The number of aromatic nitrogens is 1. The van der Waals surface area contributed by atoms with Gasteiger partial charge in [0, 0.05) is 43.9 Å². The molecule has 4 rings (SSSR count). The maximum Gasteiger partial charge on any atom is 0.223 e. The van der Waals surface area contributed by atoms with Crippen molar-refractivity contribution in [2.24, 2.45) is 5.92 Å². The van der Waals surface area contributed by atoms with Crippen LogP contribution in [0.15, 0.2) is 18.2 Å². The van der Waals surface area contributed by atoms with Gasteiger partial charge in [0.05, 0.1) is 18.8 Å². The van der Waals surface area contributed by atoms with E-state index in [0.29, 0.717) is 36.9 Å². The van der Waals surface area contributed by atoms with Gasteiger partial charge in [-0.2, -0.15) is 0 Å². The number of nitrogens with zero attached hydrogens (tertiary/aromatic N) is 3. The average Bonchev–Trinajstić information content (AvgIpc) is 3.21. The first kappa shape index (κ1) is 16.0. The summed E-state index contributed by atoms with van der Waals surface area (Å²) in [4.78, 5) is 21.8. The lowest BCUT2D eigenvalue weighted by Gasteiger charge is -2.40. The van der Waals surface area contributed by atoms with E-state index in [4.69, 9.17) is 4.74 Å². The van der Waals surface area contributed by atoms with E-state index in [-0.39, 0.29) is 0 Å². The van der Waals surface area contributed by atoms with E-state index >= 15 is 0 Å². The van der Waals surface area contributed by atoms with E-state index in [2.05, 4.69) is 14.8 Å². The molecular formula is C19H27N3O2. The van der Waals surface area contributed by atoms with Gasteiger partial charge in [-0.1, -0.05) is 6.07 Å². The number of carbonyl (C=O) groups excluding carboxylic acids is 1. The summed E-state index contributed by atoms with van der Waals surface area (Å²) in [6.45, 7) is 6.72. The van der Waals surface area contributed by atoms with E-state index in [1.54, 1.807) is 0 Å². The van der Waals surface area contributed by atoms with Crippen LogP contribution in [0.1, 0.15) is 37.1 Å². The second-order valence-electron chi connectivity index (χ2n) is 7.48. The third kappa shape index (κ3) is 3.20. The molecule has 3 aliphatic heterocycles. The molecule has 1 amide bonds. The Morgan fingerprint density at radius 2 is 2.17 bits per heavy atom. The minimum absolute atomic E-state index is 0.297. The van der Waals surface area contributed by atoms with E-state index in [0.717, 1.165) is 50.5 Å². The van der Waals surface area contributed by atoms with Gasteiger partial charge in [-0.15, -0.1) is 0 Å². The molecule has 1 aromatic rings. The highest BCUT2D eigenvalue weighted by atomic mass is 16.5. The van der Waals surface area contributed by atoms with Gasteiger partial charge in [-0.3, -0.25) is 14.7 Å². The molecule has 0 radical (unpaired) electrons. The summed E-state index contributed by atoms with van der Waals surface area (Å²) < 4.78 is 5.53. The van der Waals surface area contributed by atoms with Gasteiger partial charge in [-0.25, -0.2) is 0 Å². The van der Waals surface area contributed by atoms with Crippen LogP contribution < -0.4 is 0 Å². The average molecular weight is 329 g/mol. The normalized spacial score (nSPS) is 30.8. The summed E-state index contributed by atoms with van der Waals surface area (Å²) in [6.07, 6.45) is 3.96. The number of piperidine rings is 1. The van der Waals surface area contributed by atoms with Crippen molar-refractivity contribution < 1.29 is 9.53 Å². The molecule has 3 atom stereocenters. The molecule has 0 bridgehead atoms. The summed E-state index contributed by atoms with van der Waals surface area (Å²) in [6, 6.07) is 6.95. The highest BCUT2D eigenvalue weighted by Gasteiger charge is 2.43. The topological polar surface area (TPSA) is 45.7 Å². The number of likely N-dealkylation sites (tertiary alicyclic amines) is 2. The number of rotatable bonds is 4. The molecule has 0 saturated carbocycles. The minimum atomic E-state index is 0.297. The molecule has 24 heavy (non-hydrogen) atoms. The third-order valence-electron chi connectivity index (χ3n) is 5.79. The van der Waals surface area contributed by atoms with Crippen LogP contribution in [0, 0.1) is 12.8 Å². The first-order valence-corrected chi connectivity index (χ1v) is 9.24. The van der Waals surface area contributed by atoms with Gasteiger partial charge in [0.1, 0.15) is 0 Å². The number of fused-ring (bicyclic) bond motifs is 1. The zero-order valence-corrected chi connectivity index (χ0v) is 14.5. The molecule has 5 nitrogen and oxygen atoms in total. The number of hydrogen-bond acceptors (Lipinski definition) is 4. The Morgan fingerprint density at radius 1 is 1.25 bits per heavy atom. The first-order valence-electron chi connectivity index (χ1n) is 9.24. The fourth-order valence-corrected chi connectivity index (χ4v) is 4.59. The van der Waals surface area contributed by atoms with Gasteiger partial charge in [-0.05, 0) is 44.2 Å². The Bertz CT molecular complexity index is 600. The van der Waals surface area contributed by atoms with Crippen molar-refractivity contribution in [3.63, 3.8) is 0 Å². The lowest BCUT2D eigenvalue weighted by molar-refractivity contribution is -0.138. The molecule has 3 saturated heterocycles.